The molecule has 5 heteroatoms. The van der Waals surface area contributed by atoms with E-state index in [0.717, 1.165) is 18.2 Å². The number of hydrogen-bond donors (Lipinski definition) is 1. The minimum Gasteiger partial charge on any atom is -0.322 e. The molecule has 2 rings (SSSR count). The molecule has 2 nitrogen and oxygen atoms in total. The van der Waals surface area contributed by atoms with Gasteiger partial charge in [0.25, 0.3) is 5.91 Å². The number of halogens is 3. The van der Waals surface area contributed by atoms with Crippen LogP contribution in [0.4, 0.5) is 14.5 Å². The lowest BCUT2D eigenvalue weighted by Gasteiger charge is -2.06. The van der Waals surface area contributed by atoms with E-state index in [1.165, 1.54) is 6.07 Å². The molecule has 92 valence electrons. The summed E-state index contributed by atoms with van der Waals surface area (Å²) >= 11 is 5.84. The highest BCUT2D eigenvalue weighted by atomic mass is 35.5. The molecule has 1 N–H and O–H groups in total. The number of benzene rings is 2. The standard InChI is InChI=1S/C13H8ClF2NO/c14-12-4-2-1-3-11(12)13(18)17-10-6-8(15)5-9(16)7-10/h1-7H,(H,17,18). The molecule has 0 saturated carbocycles. The Morgan fingerprint density at radius 1 is 1.06 bits per heavy atom. The molecule has 0 aromatic heterocycles. The molecule has 0 aliphatic heterocycles. The van der Waals surface area contributed by atoms with Crippen LogP contribution in [0.5, 0.6) is 0 Å². The van der Waals surface area contributed by atoms with Crippen molar-refractivity contribution >= 4 is 23.2 Å². The molecule has 1 amide bonds. The van der Waals surface area contributed by atoms with Crippen molar-refractivity contribution in [2.45, 2.75) is 0 Å². The SMILES string of the molecule is O=C(Nc1cc(F)cc(F)c1)c1ccccc1Cl. The Balaban J connectivity index is 2.24. The first-order chi connectivity index (χ1) is 8.56. The smallest absolute Gasteiger partial charge is 0.257 e. The monoisotopic (exact) mass is 267 g/mol. The Bertz CT molecular complexity index is 581. The van der Waals surface area contributed by atoms with Crippen LogP contribution in [0.25, 0.3) is 0 Å². The van der Waals surface area contributed by atoms with Gasteiger partial charge in [-0.15, -0.1) is 0 Å². The predicted octanol–water partition coefficient (Wildman–Crippen LogP) is 3.87. The van der Waals surface area contributed by atoms with Crippen molar-refractivity contribution in [1.29, 1.82) is 0 Å². The number of amides is 1. The van der Waals surface area contributed by atoms with Crippen molar-refractivity contribution in [1.82, 2.24) is 0 Å². The van der Waals surface area contributed by atoms with Gasteiger partial charge in [0.2, 0.25) is 0 Å². The second-order valence-electron chi connectivity index (χ2n) is 3.59. The van der Waals surface area contributed by atoms with Gasteiger partial charge in [0.05, 0.1) is 10.6 Å². The average molecular weight is 268 g/mol. The van der Waals surface area contributed by atoms with Crippen LogP contribution in [0.1, 0.15) is 10.4 Å². The van der Waals surface area contributed by atoms with Gasteiger partial charge in [0.15, 0.2) is 0 Å². The van der Waals surface area contributed by atoms with Crippen LogP contribution in [0.3, 0.4) is 0 Å². The number of anilines is 1. The summed E-state index contributed by atoms with van der Waals surface area (Å²) in [7, 11) is 0. The molecule has 0 fully saturated rings. The Kier molecular flexibility index (Phi) is 3.58. The van der Waals surface area contributed by atoms with E-state index in [9.17, 15) is 13.6 Å². The molecule has 2 aromatic carbocycles. The molecule has 0 unspecified atom stereocenters. The number of nitrogens with one attached hydrogen (secondary N) is 1. The highest BCUT2D eigenvalue weighted by Gasteiger charge is 2.10. The number of hydrogen-bond acceptors (Lipinski definition) is 1. The molecular weight excluding hydrogens is 260 g/mol. The summed E-state index contributed by atoms with van der Waals surface area (Å²) in [5, 5.41) is 2.65. The van der Waals surface area contributed by atoms with E-state index < -0.39 is 17.5 Å². The summed E-state index contributed by atoms with van der Waals surface area (Å²) in [6.45, 7) is 0. The highest BCUT2D eigenvalue weighted by molar-refractivity contribution is 6.34. The van der Waals surface area contributed by atoms with Crippen molar-refractivity contribution in [2.24, 2.45) is 0 Å². The zero-order chi connectivity index (χ0) is 13.1. The topological polar surface area (TPSA) is 29.1 Å². The van der Waals surface area contributed by atoms with Crippen LogP contribution in [0.2, 0.25) is 5.02 Å². The molecule has 0 saturated heterocycles. The van der Waals surface area contributed by atoms with Gasteiger partial charge in [-0.05, 0) is 24.3 Å². The fourth-order valence-electron chi connectivity index (χ4n) is 1.47. The maximum atomic E-state index is 12.9. The summed E-state index contributed by atoms with van der Waals surface area (Å²) in [6, 6.07) is 9.19. The maximum absolute atomic E-state index is 12.9. The fraction of sp³-hybridized carbons (Fsp3) is 0. The summed E-state index contributed by atoms with van der Waals surface area (Å²) in [5.41, 5.74) is 0.279. The normalized spacial score (nSPS) is 10.2. The molecule has 0 heterocycles. The number of carbonyl (C=O) groups excluding carboxylic acids is 1. The zero-order valence-corrected chi connectivity index (χ0v) is 9.84. The van der Waals surface area contributed by atoms with E-state index in [1.807, 2.05) is 0 Å². The minimum atomic E-state index is -0.760. The number of rotatable bonds is 2. The lowest BCUT2D eigenvalue weighted by molar-refractivity contribution is 0.102. The molecule has 0 atom stereocenters. The van der Waals surface area contributed by atoms with Gasteiger partial charge in [0, 0.05) is 11.8 Å². The minimum absolute atomic E-state index is 0.0393. The third-order valence-electron chi connectivity index (χ3n) is 2.24. The van der Waals surface area contributed by atoms with Gasteiger partial charge < -0.3 is 5.32 Å². The van der Waals surface area contributed by atoms with E-state index in [2.05, 4.69) is 5.32 Å². The first kappa shape index (κ1) is 12.5. The van der Waals surface area contributed by atoms with Crippen molar-refractivity contribution in [3.63, 3.8) is 0 Å². The molecular formula is C13H8ClF2NO. The average Bonchev–Trinajstić information content (AvgIpc) is 2.27. The molecule has 0 aliphatic rings. The summed E-state index contributed by atoms with van der Waals surface area (Å²) in [4.78, 5) is 11.8. The second-order valence-corrected chi connectivity index (χ2v) is 4.00. The fourth-order valence-corrected chi connectivity index (χ4v) is 1.69. The Hall–Kier alpha value is -1.94. The molecule has 2 aromatic rings. The molecule has 0 aliphatic carbocycles. The first-order valence-corrected chi connectivity index (χ1v) is 5.46. The van der Waals surface area contributed by atoms with Crippen LogP contribution >= 0.6 is 11.6 Å². The van der Waals surface area contributed by atoms with Crippen molar-refractivity contribution in [2.75, 3.05) is 5.32 Å². The molecule has 0 spiro atoms. The summed E-state index contributed by atoms with van der Waals surface area (Å²) in [6.07, 6.45) is 0. The van der Waals surface area contributed by atoms with Gasteiger partial charge >= 0.3 is 0 Å². The van der Waals surface area contributed by atoms with Crippen LogP contribution in [-0.2, 0) is 0 Å². The largest absolute Gasteiger partial charge is 0.322 e. The maximum Gasteiger partial charge on any atom is 0.257 e. The second kappa shape index (κ2) is 5.14. The van der Waals surface area contributed by atoms with E-state index in [-0.39, 0.29) is 16.3 Å². The van der Waals surface area contributed by atoms with Gasteiger partial charge in [-0.3, -0.25) is 4.79 Å². The lowest BCUT2D eigenvalue weighted by Crippen LogP contribution is -2.12. The molecule has 0 bridgehead atoms. The van der Waals surface area contributed by atoms with Crippen LogP contribution in [0, 0.1) is 11.6 Å². The van der Waals surface area contributed by atoms with Gasteiger partial charge in [-0.2, -0.15) is 0 Å². The lowest BCUT2D eigenvalue weighted by atomic mass is 10.2. The molecule has 18 heavy (non-hydrogen) atoms. The van der Waals surface area contributed by atoms with E-state index >= 15 is 0 Å². The summed E-state index contributed by atoms with van der Waals surface area (Å²) in [5.74, 6) is -2.04. The van der Waals surface area contributed by atoms with Gasteiger partial charge in [-0.1, -0.05) is 23.7 Å². The predicted molar refractivity (Wildman–Crippen MR) is 65.8 cm³/mol. The highest BCUT2D eigenvalue weighted by Crippen LogP contribution is 2.18. The zero-order valence-electron chi connectivity index (χ0n) is 9.08. The van der Waals surface area contributed by atoms with E-state index in [4.69, 9.17) is 11.6 Å². The van der Waals surface area contributed by atoms with Gasteiger partial charge in [-0.25, -0.2) is 8.78 Å². The van der Waals surface area contributed by atoms with Crippen molar-refractivity contribution < 1.29 is 13.6 Å². The van der Waals surface area contributed by atoms with Crippen molar-refractivity contribution in [3.8, 4) is 0 Å². The van der Waals surface area contributed by atoms with Crippen LogP contribution in [0.15, 0.2) is 42.5 Å². The first-order valence-electron chi connectivity index (χ1n) is 5.08. The molecule has 0 radical (unpaired) electrons. The van der Waals surface area contributed by atoms with E-state index in [0.29, 0.717) is 0 Å². The van der Waals surface area contributed by atoms with Crippen LogP contribution < -0.4 is 5.32 Å². The Morgan fingerprint density at radius 3 is 2.28 bits per heavy atom. The Morgan fingerprint density at radius 2 is 1.67 bits per heavy atom. The quantitative estimate of drug-likeness (QED) is 0.879. The van der Waals surface area contributed by atoms with Gasteiger partial charge in [0.1, 0.15) is 11.6 Å². The number of carbonyl (C=O) groups is 1. The third kappa shape index (κ3) is 2.84. The van der Waals surface area contributed by atoms with E-state index in [1.54, 1.807) is 18.2 Å². The Labute approximate surface area is 107 Å². The van der Waals surface area contributed by atoms with Crippen molar-refractivity contribution in [3.05, 3.63) is 64.7 Å². The third-order valence-corrected chi connectivity index (χ3v) is 2.57. The summed E-state index contributed by atoms with van der Waals surface area (Å²) < 4.78 is 25.9. The van der Waals surface area contributed by atoms with Crippen LogP contribution in [-0.4, -0.2) is 5.91 Å².